The van der Waals surface area contributed by atoms with Gasteiger partial charge in [0.25, 0.3) is 10.0 Å². The van der Waals surface area contributed by atoms with Gasteiger partial charge in [-0.3, -0.25) is 4.90 Å². The van der Waals surface area contributed by atoms with Crippen molar-refractivity contribution in [1.29, 1.82) is 0 Å². The third-order valence-electron chi connectivity index (χ3n) is 4.00. The first-order chi connectivity index (χ1) is 12.8. The lowest BCUT2D eigenvalue weighted by Gasteiger charge is -2.06. The molecule has 0 atom stereocenters. The van der Waals surface area contributed by atoms with E-state index in [1.807, 2.05) is 25.9 Å². The van der Waals surface area contributed by atoms with Gasteiger partial charge < -0.3 is 4.74 Å². The Balaban J connectivity index is 2.20. The van der Waals surface area contributed by atoms with Crippen LogP contribution in [0.25, 0.3) is 10.9 Å². The van der Waals surface area contributed by atoms with Crippen molar-refractivity contribution in [1.82, 2.24) is 14.1 Å². The van der Waals surface area contributed by atoms with Crippen molar-refractivity contribution in [2.45, 2.75) is 11.8 Å². The van der Waals surface area contributed by atoms with Gasteiger partial charge in [-0.1, -0.05) is 23.6 Å². The Labute approximate surface area is 159 Å². The molecule has 0 radical (unpaired) electrons. The van der Waals surface area contributed by atoms with Crippen LogP contribution in [0.1, 0.15) is 11.3 Å². The Morgan fingerprint density at radius 1 is 1.15 bits per heavy atom. The molecule has 140 valence electrons. The number of nitrogens with zero attached hydrogens (tertiary/aromatic N) is 3. The summed E-state index contributed by atoms with van der Waals surface area (Å²) in [7, 11) is 1.55. The summed E-state index contributed by atoms with van der Waals surface area (Å²) < 4.78 is 32.6. The third kappa shape index (κ3) is 3.82. The molecule has 0 fully saturated rings. The molecule has 1 aromatic heterocycles. The van der Waals surface area contributed by atoms with Crippen molar-refractivity contribution in [3.63, 3.8) is 0 Å². The lowest BCUT2D eigenvalue weighted by molar-refractivity contribution is 0.415. The summed E-state index contributed by atoms with van der Waals surface area (Å²) in [5.74, 6) is 6.60. The minimum atomic E-state index is -3.84. The van der Waals surface area contributed by atoms with Crippen molar-refractivity contribution < 1.29 is 13.2 Å². The molecule has 27 heavy (non-hydrogen) atoms. The quantitative estimate of drug-likeness (QED) is 0.648. The van der Waals surface area contributed by atoms with E-state index in [1.54, 1.807) is 49.6 Å². The van der Waals surface area contributed by atoms with Crippen LogP contribution in [0.4, 0.5) is 0 Å². The molecule has 0 saturated carbocycles. The summed E-state index contributed by atoms with van der Waals surface area (Å²) in [4.78, 5) is 2.11. The van der Waals surface area contributed by atoms with E-state index in [-0.39, 0.29) is 4.90 Å². The second kappa shape index (κ2) is 7.43. The first kappa shape index (κ1) is 19.0. The van der Waals surface area contributed by atoms with Gasteiger partial charge in [-0.05, 0) is 57.3 Å². The molecule has 0 aliphatic heterocycles. The van der Waals surface area contributed by atoms with Gasteiger partial charge in [0.15, 0.2) is 0 Å². The van der Waals surface area contributed by atoms with Crippen molar-refractivity contribution in [2.24, 2.45) is 0 Å². The maximum Gasteiger partial charge on any atom is 0.283 e. The van der Waals surface area contributed by atoms with Crippen LogP contribution >= 0.6 is 0 Å². The highest BCUT2D eigenvalue weighted by Gasteiger charge is 2.22. The molecule has 3 aromatic rings. The molecule has 0 unspecified atom stereocenters. The SMILES string of the molecule is COc1ccc2c(c1)c(C#CCN(C)C)nn2S(=O)(=O)c1ccc(C)cc1. The Morgan fingerprint density at radius 2 is 1.85 bits per heavy atom. The molecule has 2 aromatic carbocycles. The highest BCUT2D eigenvalue weighted by Crippen LogP contribution is 2.27. The number of hydrogen-bond donors (Lipinski definition) is 0. The molecule has 0 aliphatic carbocycles. The number of rotatable bonds is 4. The molecule has 0 aliphatic rings. The van der Waals surface area contributed by atoms with Gasteiger partial charge in [0, 0.05) is 5.39 Å². The van der Waals surface area contributed by atoms with Gasteiger partial charge in [0.2, 0.25) is 0 Å². The number of aryl methyl sites for hydroxylation is 1. The number of ether oxygens (including phenoxy) is 1. The summed E-state index contributed by atoms with van der Waals surface area (Å²) in [5, 5.41) is 4.95. The van der Waals surface area contributed by atoms with E-state index in [0.29, 0.717) is 28.9 Å². The Hall–Kier alpha value is -2.82. The molecule has 0 spiro atoms. The predicted molar refractivity (Wildman–Crippen MR) is 105 cm³/mol. The summed E-state index contributed by atoms with van der Waals surface area (Å²) in [6.07, 6.45) is 0. The summed E-state index contributed by atoms with van der Waals surface area (Å²) in [6, 6.07) is 11.8. The van der Waals surface area contributed by atoms with E-state index >= 15 is 0 Å². The molecular weight excluding hydrogens is 362 g/mol. The fourth-order valence-electron chi connectivity index (χ4n) is 2.56. The Morgan fingerprint density at radius 3 is 2.48 bits per heavy atom. The molecule has 7 heteroatoms. The van der Waals surface area contributed by atoms with Crippen LogP contribution in [0.15, 0.2) is 47.4 Å². The molecule has 0 bridgehead atoms. The van der Waals surface area contributed by atoms with E-state index in [4.69, 9.17) is 4.74 Å². The monoisotopic (exact) mass is 383 g/mol. The van der Waals surface area contributed by atoms with Crippen LogP contribution in [0.5, 0.6) is 5.75 Å². The van der Waals surface area contributed by atoms with Crippen LogP contribution in [0.3, 0.4) is 0 Å². The van der Waals surface area contributed by atoms with Gasteiger partial charge in [-0.2, -0.15) is 12.5 Å². The van der Waals surface area contributed by atoms with Gasteiger partial charge in [0.05, 0.1) is 24.1 Å². The maximum absolute atomic E-state index is 13.1. The molecular formula is C20H21N3O3S. The lowest BCUT2D eigenvalue weighted by Crippen LogP contribution is -2.14. The van der Waals surface area contributed by atoms with E-state index in [0.717, 1.165) is 9.65 Å². The third-order valence-corrected chi connectivity index (χ3v) is 5.61. The second-order valence-corrected chi connectivity index (χ2v) is 8.20. The number of benzene rings is 2. The van der Waals surface area contributed by atoms with Crippen LogP contribution in [0, 0.1) is 18.8 Å². The molecule has 3 rings (SSSR count). The topological polar surface area (TPSA) is 64.4 Å². The van der Waals surface area contributed by atoms with Crippen LogP contribution in [-0.2, 0) is 10.0 Å². The van der Waals surface area contributed by atoms with Crippen LogP contribution in [0.2, 0.25) is 0 Å². The average Bonchev–Trinajstić information content (AvgIpc) is 3.00. The largest absolute Gasteiger partial charge is 0.497 e. The second-order valence-electron chi connectivity index (χ2n) is 6.43. The number of aromatic nitrogens is 2. The zero-order chi connectivity index (χ0) is 19.6. The zero-order valence-electron chi connectivity index (χ0n) is 15.7. The first-order valence-corrected chi connectivity index (χ1v) is 9.79. The van der Waals surface area contributed by atoms with Crippen molar-refractivity contribution in [3.05, 3.63) is 53.7 Å². The van der Waals surface area contributed by atoms with Crippen molar-refractivity contribution >= 4 is 20.9 Å². The normalized spacial score (nSPS) is 11.4. The molecule has 0 amide bonds. The molecule has 0 saturated heterocycles. The van der Waals surface area contributed by atoms with Crippen LogP contribution in [-0.4, -0.2) is 50.3 Å². The van der Waals surface area contributed by atoms with Crippen molar-refractivity contribution in [3.8, 4) is 17.6 Å². The number of hydrogen-bond acceptors (Lipinski definition) is 5. The Bertz CT molecular complexity index is 1130. The van der Waals surface area contributed by atoms with Gasteiger partial charge in [-0.25, -0.2) is 0 Å². The molecule has 1 heterocycles. The van der Waals surface area contributed by atoms with E-state index in [1.165, 1.54) is 0 Å². The first-order valence-electron chi connectivity index (χ1n) is 8.35. The van der Waals surface area contributed by atoms with E-state index in [9.17, 15) is 8.42 Å². The van der Waals surface area contributed by atoms with Gasteiger partial charge in [-0.15, -0.1) is 5.10 Å². The zero-order valence-corrected chi connectivity index (χ0v) is 16.5. The fraction of sp³-hybridized carbons (Fsp3) is 0.250. The minimum absolute atomic E-state index is 0.182. The molecule has 6 nitrogen and oxygen atoms in total. The molecule has 0 N–H and O–H groups in total. The number of fused-ring (bicyclic) bond motifs is 1. The van der Waals surface area contributed by atoms with Gasteiger partial charge >= 0.3 is 0 Å². The number of methoxy groups -OCH3 is 1. The smallest absolute Gasteiger partial charge is 0.283 e. The standard InChI is InChI=1S/C20H21N3O3S/c1-15-7-10-17(11-8-15)27(24,25)23-20-12-9-16(26-4)14-18(20)19(21-23)6-5-13-22(2)3/h7-12,14H,13H2,1-4H3. The summed E-state index contributed by atoms with van der Waals surface area (Å²) >= 11 is 0. The average molecular weight is 383 g/mol. The predicted octanol–water partition coefficient (Wildman–Crippen LogP) is 2.50. The highest BCUT2D eigenvalue weighted by molar-refractivity contribution is 7.90. The lowest BCUT2D eigenvalue weighted by atomic mass is 10.2. The van der Waals surface area contributed by atoms with Gasteiger partial charge in [0.1, 0.15) is 11.4 Å². The fourth-order valence-corrected chi connectivity index (χ4v) is 3.85. The van der Waals surface area contributed by atoms with E-state index < -0.39 is 10.0 Å². The maximum atomic E-state index is 13.1. The summed E-state index contributed by atoms with van der Waals surface area (Å²) in [6.45, 7) is 2.45. The van der Waals surface area contributed by atoms with E-state index in [2.05, 4.69) is 16.9 Å². The summed E-state index contributed by atoms with van der Waals surface area (Å²) in [5.41, 5.74) is 1.85. The Kier molecular flexibility index (Phi) is 5.22. The minimum Gasteiger partial charge on any atom is -0.497 e. The van der Waals surface area contributed by atoms with Crippen molar-refractivity contribution in [2.75, 3.05) is 27.7 Å². The van der Waals surface area contributed by atoms with Crippen LogP contribution < -0.4 is 4.74 Å². The highest BCUT2D eigenvalue weighted by atomic mass is 32.2.